The molecule has 0 atom stereocenters. The molecule has 7 nitrogen and oxygen atoms in total. The number of nitrogens with one attached hydrogen (secondary N) is 1. The molecule has 8 heteroatoms. The lowest BCUT2D eigenvalue weighted by Crippen LogP contribution is -2.42. The van der Waals surface area contributed by atoms with Gasteiger partial charge in [0.15, 0.2) is 5.78 Å². The molecular formula is C20H17FN2O5. The van der Waals surface area contributed by atoms with Crippen LogP contribution in [0.3, 0.4) is 0 Å². The second-order valence-electron chi connectivity index (χ2n) is 6.31. The van der Waals surface area contributed by atoms with Crippen LogP contribution in [0.2, 0.25) is 0 Å². The lowest BCUT2D eigenvalue weighted by molar-refractivity contribution is -0.619. The van der Waals surface area contributed by atoms with Crippen LogP contribution >= 0.6 is 0 Å². The fourth-order valence-corrected chi connectivity index (χ4v) is 3.16. The van der Waals surface area contributed by atoms with E-state index in [1.54, 1.807) is 12.1 Å². The third kappa shape index (κ3) is 3.13. The second kappa shape index (κ2) is 7.22. The minimum atomic E-state index is -0.876. The van der Waals surface area contributed by atoms with E-state index in [0.29, 0.717) is 10.3 Å². The number of allylic oxidation sites excluding steroid dienone is 2. The predicted octanol–water partition coefficient (Wildman–Crippen LogP) is 1.92. The maximum Gasteiger partial charge on any atom is 0.345 e. The quantitative estimate of drug-likeness (QED) is 0.491. The van der Waals surface area contributed by atoms with E-state index in [4.69, 9.17) is 4.74 Å². The summed E-state index contributed by atoms with van der Waals surface area (Å²) >= 11 is 0. The number of methoxy groups -OCH3 is 1. The van der Waals surface area contributed by atoms with Crippen LogP contribution in [0.4, 0.5) is 4.39 Å². The Balaban J connectivity index is 2.05. The van der Waals surface area contributed by atoms with Gasteiger partial charge in [0, 0.05) is 26.5 Å². The molecule has 1 aliphatic carbocycles. The maximum absolute atomic E-state index is 13.0. The number of ketones is 2. The molecule has 0 bridgehead atoms. The first-order valence-corrected chi connectivity index (χ1v) is 8.40. The highest BCUT2D eigenvalue weighted by Crippen LogP contribution is 2.27. The van der Waals surface area contributed by atoms with Crippen LogP contribution in [0.25, 0.3) is 0 Å². The molecule has 1 aliphatic rings. The molecule has 0 fully saturated rings. The number of ether oxygens (including phenoxy) is 1. The summed E-state index contributed by atoms with van der Waals surface area (Å²) in [5, 5.41) is 15.2. The molecule has 0 unspecified atom stereocenters. The Morgan fingerprint density at radius 1 is 1.14 bits per heavy atom. The summed E-state index contributed by atoms with van der Waals surface area (Å²) < 4.78 is 18.2. The number of rotatable bonds is 4. The van der Waals surface area contributed by atoms with E-state index in [1.165, 1.54) is 26.0 Å². The number of carbonyl (C=O) groups is 3. The third-order valence-corrected chi connectivity index (χ3v) is 4.61. The number of hydrogen-bond acceptors (Lipinski definition) is 6. The minimum Gasteiger partial charge on any atom is -0.618 e. The Labute approximate surface area is 160 Å². The van der Waals surface area contributed by atoms with Gasteiger partial charge >= 0.3 is 5.97 Å². The SMILES string of the molecule is COC(=O)c1c2c(c(C)[n+]([O-])c1C)C(=O)C=C(NCc1ccc(F)cc1)C2=O. The van der Waals surface area contributed by atoms with E-state index in [2.05, 4.69) is 5.32 Å². The normalized spacial score (nSPS) is 13.1. The summed E-state index contributed by atoms with van der Waals surface area (Å²) in [6, 6.07) is 5.65. The van der Waals surface area contributed by atoms with Gasteiger partial charge in [0.1, 0.15) is 16.9 Å². The van der Waals surface area contributed by atoms with E-state index in [-0.39, 0.29) is 46.1 Å². The summed E-state index contributed by atoms with van der Waals surface area (Å²) in [5.41, 5.74) is 0.192. The molecule has 3 rings (SSSR count). The van der Waals surface area contributed by atoms with Crippen molar-refractivity contribution in [1.82, 2.24) is 5.32 Å². The van der Waals surface area contributed by atoms with Crippen molar-refractivity contribution in [3.63, 3.8) is 0 Å². The van der Waals surface area contributed by atoms with Gasteiger partial charge in [0.2, 0.25) is 17.2 Å². The van der Waals surface area contributed by atoms with Crippen LogP contribution in [0.15, 0.2) is 36.0 Å². The van der Waals surface area contributed by atoms with Crippen molar-refractivity contribution in [2.45, 2.75) is 20.4 Å². The fraction of sp³-hybridized carbons (Fsp3) is 0.200. The highest BCUT2D eigenvalue weighted by atomic mass is 19.1. The number of benzene rings is 1. The highest BCUT2D eigenvalue weighted by Gasteiger charge is 2.38. The minimum absolute atomic E-state index is 0.0190. The molecule has 1 N–H and O–H groups in total. The molecule has 1 aromatic carbocycles. The van der Waals surface area contributed by atoms with Gasteiger partial charge in [-0.1, -0.05) is 12.1 Å². The molecule has 0 amide bonds. The first-order chi connectivity index (χ1) is 13.3. The first kappa shape index (κ1) is 19.2. The van der Waals surface area contributed by atoms with Crippen LogP contribution in [0, 0.1) is 24.9 Å². The zero-order valence-electron chi connectivity index (χ0n) is 15.5. The molecule has 0 radical (unpaired) electrons. The smallest absolute Gasteiger partial charge is 0.345 e. The van der Waals surface area contributed by atoms with Gasteiger partial charge in [-0.25, -0.2) is 9.18 Å². The van der Waals surface area contributed by atoms with Crippen LogP contribution < -0.4 is 10.0 Å². The molecule has 144 valence electrons. The number of esters is 1. The molecule has 0 aliphatic heterocycles. The van der Waals surface area contributed by atoms with E-state index in [0.717, 1.165) is 13.2 Å². The zero-order chi connectivity index (χ0) is 20.6. The third-order valence-electron chi connectivity index (χ3n) is 4.61. The van der Waals surface area contributed by atoms with Crippen LogP contribution in [0.5, 0.6) is 0 Å². The molecule has 2 aromatic rings. The fourth-order valence-electron chi connectivity index (χ4n) is 3.16. The molecule has 28 heavy (non-hydrogen) atoms. The number of nitrogens with zero attached hydrogens (tertiary/aromatic N) is 1. The van der Waals surface area contributed by atoms with Crippen molar-refractivity contribution < 1.29 is 28.2 Å². The molecule has 0 spiro atoms. The van der Waals surface area contributed by atoms with Crippen molar-refractivity contribution >= 4 is 17.5 Å². The van der Waals surface area contributed by atoms with Crippen molar-refractivity contribution in [2.24, 2.45) is 0 Å². The van der Waals surface area contributed by atoms with E-state index >= 15 is 0 Å². The van der Waals surface area contributed by atoms with Gasteiger partial charge in [0.25, 0.3) is 0 Å². The summed E-state index contributed by atoms with van der Waals surface area (Å²) in [5.74, 6) is -2.42. The Bertz CT molecular complexity index is 1040. The largest absolute Gasteiger partial charge is 0.618 e. The van der Waals surface area contributed by atoms with Gasteiger partial charge in [0.05, 0.1) is 18.4 Å². The summed E-state index contributed by atoms with van der Waals surface area (Å²) in [4.78, 5) is 37.9. The molecule has 1 aromatic heterocycles. The average Bonchev–Trinajstić information content (AvgIpc) is 2.68. The molecule has 0 saturated heterocycles. The number of pyridine rings is 1. The Morgan fingerprint density at radius 3 is 2.39 bits per heavy atom. The topological polar surface area (TPSA) is 99.4 Å². The number of carbonyl (C=O) groups excluding carboxylic acids is 3. The van der Waals surface area contributed by atoms with E-state index < -0.39 is 17.5 Å². The van der Waals surface area contributed by atoms with Gasteiger partial charge in [-0.05, 0) is 17.7 Å². The molecule has 0 saturated carbocycles. The Hall–Kier alpha value is -3.55. The maximum atomic E-state index is 13.0. The van der Waals surface area contributed by atoms with Crippen molar-refractivity contribution in [2.75, 3.05) is 7.11 Å². The highest BCUT2D eigenvalue weighted by molar-refractivity contribution is 6.27. The lowest BCUT2D eigenvalue weighted by Gasteiger charge is -2.21. The second-order valence-corrected chi connectivity index (χ2v) is 6.31. The summed E-state index contributed by atoms with van der Waals surface area (Å²) in [6.45, 7) is 2.96. The Kier molecular flexibility index (Phi) is 4.96. The van der Waals surface area contributed by atoms with Gasteiger partial charge in [-0.3, -0.25) is 9.59 Å². The first-order valence-electron chi connectivity index (χ1n) is 8.40. The van der Waals surface area contributed by atoms with Crippen molar-refractivity contribution in [1.29, 1.82) is 0 Å². The summed E-state index contributed by atoms with van der Waals surface area (Å²) in [7, 11) is 1.13. The van der Waals surface area contributed by atoms with Crippen molar-refractivity contribution in [3.8, 4) is 0 Å². The van der Waals surface area contributed by atoms with Crippen molar-refractivity contribution in [3.05, 3.63) is 80.7 Å². The van der Waals surface area contributed by atoms with Gasteiger partial charge in [-0.2, -0.15) is 4.73 Å². The molecule has 1 heterocycles. The number of aromatic nitrogens is 1. The lowest BCUT2D eigenvalue weighted by atomic mass is 9.87. The zero-order valence-corrected chi connectivity index (χ0v) is 15.5. The molecular weight excluding hydrogens is 367 g/mol. The number of halogens is 1. The van der Waals surface area contributed by atoms with Gasteiger partial charge < -0.3 is 15.3 Å². The predicted molar refractivity (Wildman–Crippen MR) is 96.2 cm³/mol. The summed E-state index contributed by atoms with van der Waals surface area (Å²) in [6.07, 6.45) is 1.09. The Morgan fingerprint density at radius 2 is 1.79 bits per heavy atom. The number of fused-ring (bicyclic) bond motifs is 1. The number of hydrogen-bond donors (Lipinski definition) is 1. The van der Waals surface area contributed by atoms with E-state index in [9.17, 15) is 24.0 Å². The van der Waals surface area contributed by atoms with Crippen LogP contribution in [0.1, 0.15) is 48.0 Å². The number of Topliss-reactive ketones (excluding diaryl/α,β-unsaturated/α-hetero) is 1. The van der Waals surface area contributed by atoms with E-state index in [1.807, 2.05) is 0 Å². The monoisotopic (exact) mass is 384 g/mol. The van der Waals surface area contributed by atoms with Crippen LogP contribution in [-0.2, 0) is 11.3 Å². The van der Waals surface area contributed by atoms with Crippen LogP contribution in [-0.4, -0.2) is 24.6 Å². The van der Waals surface area contributed by atoms with Gasteiger partial charge in [-0.15, -0.1) is 0 Å². The standard InChI is InChI=1S/C20H17FN2O5/c1-10-16-15(24)8-14(22-9-12-4-6-13(21)7-5-12)19(25)18(16)17(20(26)28-3)11(2)23(10)27/h4-8,22H,9H2,1-3H3. The average molecular weight is 384 g/mol.